The summed E-state index contributed by atoms with van der Waals surface area (Å²) in [6.45, 7) is 4.30. The van der Waals surface area contributed by atoms with Gasteiger partial charge in [0.15, 0.2) is 0 Å². The van der Waals surface area contributed by atoms with Crippen LogP contribution in [-0.2, 0) is 13.0 Å². The third kappa shape index (κ3) is 1.60. The van der Waals surface area contributed by atoms with Crippen LogP contribution in [0, 0.1) is 0 Å². The fourth-order valence-corrected chi connectivity index (χ4v) is 2.80. The highest BCUT2D eigenvalue weighted by Gasteiger charge is 2.20. The van der Waals surface area contributed by atoms with Gasteiger partial charge in [-0.3, -0.25) is 0 Å². The van der Waals surface area contributed by atoms with Gasteiger partial charge < -0.3 is 9.47 Å². The molecule has 0 fully saturated rings. The number of benzene rings is 1. The van der Waals surface area contributed by atoms with Crippen LogP contribution in [0.5, 0.6) is 0 Å². The zero-order valence-corrected chi connectivity index (χ0v) is 10.5. The normalized spacial score (nSPS) is 16.8. The van der Waals surface area contributed by atoms with Gasteiger partial charge in [-0.25, -0.2) is 0 Å². The van der Waals surface area contributed by atoms with Gasteiger partial charge >= 0.3 is 0 Å². The molecule has 2 heterocycles. The van der Waals surface area contributed by atoms with Crippen molar-refractivity contribution in [3.8, 4) is 0 Å². The summed E-state index contributed by atoms with van der Waals surface area (Å²) in [6, 6.07) is 8.72. The molecule has 2 heteroatoms. The molecule has 88 valence electrons. The zero-order valence-electron chi connectivity index (χ0n) is 10.5. The second-order valence-electron chi connectivity index (χ2n) is 4.78. The molecule has 1 aliphatic heterocycles. The van der Waals surface area contributed by atoms with Gasteiger partial charge in [0.05, 0.1) is 5.52 Å². The highest BCUT2D eigenvalue weighted by atomic mass is 15.1. The molecular formula is C15H18N2. The molecule has 17 heavy (non-hydrogen) atoms. The Morgan fingerprint density at radius 2 is 2.06 bits per heavy atom. The first-order valence-electron chi connectivity index (χ1n) is 6.23. The second-order valence-corrected chi connectivity index (χ2v) is 4.78. The molecule has 0 spiro atoms. The second kappa shape index (κ2) is 4.04. The van der Waals surface area contributed by atoms with Crippen molar-refractivity contribution in [1.82, 2.24) is 9.47 Å². The SMILES string of the molecule is C/C=C\n1c2c(c3ccccc31)CN(C)CC2. The van der Waals surface area contributed by atoms with Crippen molar-refractivity contribution in [2.45, 2.75) is 19.9 Å². The molecule has 0 saturated heterocycles. The van der Waals surface area contributed by atoms with E-state index in [4.69, 9.17) is 0 Å². The quantitative estimate of drug-likeness (QED) is 0.725. The number of hydrogen-bond acceptors (Lipinski definition) is 1. The Morgan fingerprint density at radius 3 is 2.88 bits per heavy atom. The summed E-state index contributed by atoms with van der Waals surface area (Å²) in [4.78, 5) is 2.40. The standard InChI is InChI=1S/C15H18N2/c1-3-9-17-14-7-5-4-6-12(14)13-11-16(2)10-8-15(13)17/h3-7,9H,8,10-11H2,1-2H3/b9-3-. The van der Waals surface area contributed by atoms with Crippen LogP contribution in [0.25, 0.3) is 17.1 Å². The van der Waals surface area contributed by atoms with Gasteiger partial charge in [-0.2, -0.15) is 0 Å². The van der Waals surface area contributed by atoms with E-state index in [0.717, 1.165) is 19.5 Å². The van der Waals surface area contributed by atoms with Crippen molar-refractivity contribution in [2.75, 3.05) is 13.6 Å². The number of likely N-dealkylation sites (N-methyl/N-ethyl adjacent to an activating group) is 1. The van der Waals surface area contributed by atoms with Gasteiger partial charge in [-0.05, 0) is 25.6 Å². The van der Waals surface area contributed by atoms with Crippen molar-refractivity contribution in [3.63, 3.8) is 0 Å². The molecule has 3 rings (SSSR count). The summed E-state index contributed by atoms with van der Waals surface area (Å²) >= 11 is 0. The predicted octanol–water partition coefficient (Wildman–Crippen LogP) is 3.12. The van der Waals surface area contributed by atoms with Crippen LogP contribution in [0.3, 0.4) is 0 Å². The maximum atomic E-state index is 2.40. The molecule has 0 saturated carbocycles. The number of nitrogens with zero attached hydrogens (tertiary/aromatic N) is 2. The van der Waals surface area contributed by atoms with Gasteiger partial charge in [0.2, 0.25) is 0 Å². The minimum Gasteiger partial charge on any atom is -0.320 e. The Labute approximate surface area is 102 Å². The average molecular weight is 226 g/mol. The molecule has 0 unspecified atom stereocenters. The van der Waals surface area contributed by atoms with E-state index >= 15 is 0 Å². The maximum absolute atomic E-state index is 2.40. The van der Waals surface area contributed by atoms with E-state index in [1.165, 1.54) is 22.2 Å². The molecule has 2 aromatic rings. The summed E-state index contributed by atoms with van der Waals surface area (Å²) in [7, 11) is 2.20. The van der Waals surface area contributed by atoms with Crippen LogP contribution in [-0.4, -0.2) is 23.1 Å². The van der Waals surface area contributed by atoms with E-state index in [9.17, 15) is 0 Å². The number of allylic oxidation sites excluding steroid dienone is 1. The Bertz CT molecular complexity index is 578. The van der Waals surface area contributed by atoms with Crippen LogP contribution in [0.2, 0.25) is 0 Å². The first-order chi connectivity index (χ1) is 8.31. The lowest BCUT2D eigenvalue weighted by Gasteiger charge is -2.23. The fourth-order valence-electron chi connectivity index (χ4n) is 2.80. The molecule has 1 aliphatic rings. The Morgan fingerprint density at radius 1 is 1.24 bits per heavy atom. The molecule has 0 amide bonds. The van der Waals surface area contributed by atoms with Crippen LogP contribution in [0.1, 0.15) is 18.2 Å². The summed E-state index contributed by atoms with van der Waals surface area (Å²) in [5, 5.41) is 1.41. The molecule has 1 aromatic heterocycles. The monoisotopic (exact) mass is 226 g/mol. The smallest absolute Gasteiger partial charge is 0.0528 e. The van der Waals surface area contributed by atoms with Gasteiger partial charge in [0.1, 0.15) is 0 Å². The minimum atomic E-state index is 1.07. The highest BCUT2D eigenvalue weighted by molar-refractivity contribution is 5.87. The Kier molecular flexibility index (Phi) is 2.52. The van der Waals surface area contributed by atoms with Gasteiger partial charge in [-0.1, -0.05) is 24.3 Å². The number of hydrogen-bond donors (Lipinski definition) is 0. The third-order valence-corrected chi connectivity index (χ3v) is 3.58. The van der Waals surface area contributed by atoms with Gasteiger partial charge in [0, 0.05) is 36.8 Å². The Hall–Kier alpha value is -1.54. The van der Waals surface area contributed by atoms with Crippen LogP contribution < -0.4 is 0 Å². The summed E-state index contributed by atoms with van der Waals surface area (Å²) in [5.41, 5.74) is 4.33. The Balaban J connectivity index is 2.32. The van der Waals surface area contributed by atoms with E-state index in [2.05, 4.69) is 60.0 Å². The van der Waals surface area contributed by atoms with Crippen molar-refractivity contribution in [2.24, 2.45) is 0 Å². The molecule has 2 nitrogen and oxygen atoms in total. The molecule has 0 aliphatic carbocycles. The summed E-state index contributed by atoms with van der Waals surface area (Å²) < 4.78 is 2.36. The predicted molar refractivity (Wildman–Crippen MR) is 73.0 cm³/mol. The van der Waals surface area contributed by atoms with Crippen LogP contribution in [0.4, 0.5) is 0 Å². The topological polar surface area (TPSA) is 8.17 Å². The first kappa shape index (κ1) is 10.6. The first-order valence-corrected chi connectivity index (χ1v) is 6.23. The van der Waals surface area contributed by atoms with Crippen LogP contribution >= 0.6 is 0 Å². The lowest BCUT2D eigenvalue weighted by Crippen LogP contribution is -2.26. The molecule has 1 aromatic carbocycles. The van der Waals surface area contributed by atoms with Crippen LogP contribution in [0.15, 0.2) is 30.3 Å². The molecule has 0 N–H and O–H groups in total. The molecule has 0 radical (unpaired) electrons. The van der Waals surface area contributed by atoms with Crippen molar-refractivity contribution in [1.29, 1.82) is 0 Å². The zero-order chi connectivity index (χ0) is 11.8. The van der Waals surface area contributed by atoms with Gasteiger partial charge in [-0.15, -0.1) is 0 Å². The highest BCUT2D eigenvalue weighted by Crippen LogP contribution is 2.30. The number of aromatic nitrogens is 1. The molecular weight excluding hydrogens is 208 g/mol. The van der Waals surface area contributed by atoms with Crippen molar-refractivity contribution >= 4 is 17.1 Å². The van der Waals surface area contributed by atoms with E-state index < -0.39 is 0 Å². The summed E-state index contributed by atoms with van der Waals surface area (Å²) in [5.74, 6) is 0. The molecule has 0 atom stereocenters. The lowest BCUT2D eigenvalue weighted by atomic mass is 10.1. The van der Waals surface area contributed by atoms with E-state index in [-0.39, 0.29) is 0 Å². The summed E-state index contributed by atoms with van der Waals surface area (Å²) in [6.07, 6.45) is 5.45. The number of para-hydroxylation sites is 1. The van der Waals surface area contributed by atoms with E-state index in [1.54, 1.807) is 0 Å². The third-order valence-electron chi connectivity index (χ3n) is 3.58. The lowest BCUT2D eigenvalue weighted by molar-refractivity contribution is 0.312. The largest absolute Gasteiger partial charge is 0.320 e. The number of fused-ring (bicyclic) bond motifs is 3. The maximum Gasteiger partial charge on any atom is 0.0528 e. The van der Waals surface area contributed by atoms with Crippen molar-refractivity contribution in [3.05, 3.63) is 41.6 Å². The van der Waals surface area contributed by atoms with E-state index in [0.29, 0.717) is 0 Å². The van der Waals surface area contributed by atoms with E-state index in [1.807, 2.05) is 0 Å². The molecule has 0 bridgehead atoms. The minimum absolute atomic E-state index is 1.07. The van der Waals surface area contributed by atoms with Crippen molar-refractivity contribution < 1.29 is 0 Å². The average Bonchev–Trinajstić information content (AvgIpc) is 2.65. The number of rotatable bonds is 1. The van der Waals surface area contributed by atoms with Gasteiger partial charge in [0.25, 0.3) is 0 Å². The fraction of sp³-hybridized carbons (Fsp3) is 0.333.